The van der Waals surface area contributed by atoms with E-state index in [0.29, 0.717) is 24.3 Å². The van der Waals surface area contributed by atoms with Crippen molar-refractivity contribution in [1.29, 1.82) is 0 Å². The normalized spacial score (nSPS) is 15.9. The van der Waals surface area contributed by atoms with Gasteiger partial charge in [0, 0.05) is 24.3 Å². The molecule has 1 aromatic carbocycles. The van der Waals surface area contributed by atoms with E-state index in [1.165, 1.54) is 4.90 Å². The molecule has 22 heavy (non-hydrogen) atoms. The van der Waals surface area contributed by atoms with Gasteiger partial charge in [0.05, 0.1) is 6.61 Å². The Morgan fingerprint density at radius 1 is 1.27 bits per heavy atom. The van der Waals surface area contributed by atoms with E-state index < -0.39 is 11.7 Å². The van der Waals surface area contributed by atoms with Gasteiger partial charge in [0.2, 0.25) is 5.91 Å². The molecule has 1 aromatic rings. The zero-order valence-electron chi connectivity index (χ0n) is 13.2. The number of benzene rings is 1. The van der Waals surface area contributed by atoms with E-state index in [9.17, 15) is 14.7 Å². The molecule has 6 heteroatoms. The van der Waals surface area contributed by atoms with Crippen molar-refractivity contribution in [3.8, 4) is 0 Å². The molecule has 0 radical (unpaired) electrons. The summed E-state index contributed by atoms with van der Waals surface area (Å²) in [6.45, 7) is 6.02. The van der Waals surface area contributed by atoms with Crippen LogP contribution in [0, 0.1) is 0 Å². The molecule has 1 heterocycles. The average molecular weight is 306 g/mol. The van der Waals surface area contributed by atoms with Crippen LogP contribution in [0.5, 0.6) is 0 Å². The van der Waals surface area contributed by atoms with Crippen LogP contribution < -0.4 is 4.90 Å². The van der Waals surface area contributed by atoms with E-state index in [-0.39, 0.29) is 19.1 Å². The van der Waals surface area contributed by atoms with Crippen LogP contribution in [-0.2, 0) is 16.1 Å². The largest absolute Gasteiger partial charge is 0.444 e. The molecule has 0 aliphatic carbocycles. The Morgan fingerprint density at radius 2 is 1.95 bits per heavy atom. The second-order valence-corrected chi connectivity index (χ2v) is 6.23. The highest BCUT2D eigenvalue weighted by Crippen LogP contribution is 2.23. The molecule has 0 saturated carbocycles. The fourth-order valence-corrected chi connectivity index (χ4v) is 2.32. The zero-order chi connectivity index (χ0) is 16.3. The Morgan fingerprint density at radius 3 is 2.55 bits per heavy atom. The van der Waals surface area contributed by atoms with Crippen molar-refractivity contribution in [2.45, 2.75) is 33.0 Å². The van der Waals surface area contributed by atoms with Gasteiger partial charge in [-0.3, -0.25) is 9.69 Å². The molecule has 1 aliphatic rings. The van der Waals surface area contributed by atoms with Gasteiger partial charge in [-0.2, -0.15) is 0 Å². The summed E-state index contributed by atoms with van der Waals surface area (Å²) >= 11 is 0. The van der Waals surface area contributed by atoms with Gasteiger partial charge >= 0.3 is 6.09 Å². The minimum Gasteiger partial charge on any atom is -0.444 e. The van der Waals surface area contributed by atoms with Gasteiger partial charge in [0.1, 0.15) is 12.1 Å². The number of amides is 2. The molecule has 1 fully saturated rings. The smallest absolute Gasteiger partial charge is 0.410 e. The summed E-state index contributed by atoms with van der Waals surface area (Å²) in [5, 5.41) is 9.38. The number of carbonyl (C=O) groups is 2. The summed E-state index contributed by atoms with van der Waals surface area (Å²) in [6.07, 6.45) is -0.476. The zero-order valence-corrected chi connectivity index (χ0v) is 13.2. The molecule has 0 unspecified atom stereocenters. The summed E-state index contributed by atoms with van der Waals surface area (Å²) in [4.78, 5) is 27.4. The highest BCUT2D eigenvalue weighted by atomic mass is 16.6. The number of anilines is 1. The van der Waals surface area contributed by atoms with Gasteiger partial charge < -0.3 is 14.7 Å². The first-order chi connectivity index (χ1) is 10.3. The van der Waals surface area contributed by atoms with Crippen molar-refractivity contribution in [1.82, 2.24) is 4.90 Å². The summed E-state index contributed by atoms with van der Waals surface area (Å²) in [5.74, 6) is -0.182. The minimum atomic E-state index is -0.583. The van der Waals surface area contributed by atoms with Crippen LogP contribution in [0.4, 0.5) is 10.5 Å². The molecule has 1 N–H and O–H groups in total. The maximum absolute atomic E-state index is 12.3. The third-order valence-electron chi connectivity index (χ3n) is 3.33. The molecule has 1 aliphatic heterocycles. The highest BCUT2D eigenvalue weighted by molar-refractivity contribution is 5.97. The SMILES string of the molecule is CC(C)(C)OC(=O)N1CCN(c2ccccc2CO)C(=O)C1. The molecule has 0 aromatic heterocycles. The standard InChI is InChI=1S/C16H22N2O4/c1-16(2,3)22-15(21)17-8-9-18(14(20)10-17)13-7-5-4-6-12(13)11-19/h4-7,19H,8-11H2,1-3H3. The predicted molar refractivity (Wildman–Crippen MR) is 82.5 cm³/mol. The monoisotopic (exact) mass is 306 g/mol. The van der Waals surface area contributed by atoms with E-state index in [4.69, 9.17) is 4.74 Å². The molecule has 1 saturated heterocycles. The first kappa shape index (κ1) is 16.3. The van der Waals surface area contributed by atoms with Gasteiger partial charge in [-0.1, -0.05) is 18.2 Å². The highest BCUT2D eigenvalue weighted by Gasteiger charge is 2.31. The van der Waals surface area contributed by atoms with Crippen LogP contribution in [0.2, 0.25) is 0 Å². The predicted octanol–water partition coefficient (Wildman–Crippen LogP) is 1.76. The van der Waals surface area contributed by atoms with E-state index >= 15 is 0 Å². The Labute approximate surface area is 130 Å². The van der Waals surface area contributed by atoms with Crippen molar-refractivity contribution < 1.29 is 19.4 Å². The van der Waals surface area contributed by atoms with Crippen LogP contribution in [-0.4, -0.2) is 47.2 Å². The topological polar surface area (TPSA) is 70.1 Å². The number of carbonyl (C=O) groups excluding carboxylic acids is 2. The summed E-state index contributed by atoms with van der Waals surface area (Å²) < 4.78 is 5.29. The number of aliphatic hydroxyl groups is 1. The van der Waals surface area contributed by atoms with Crippen molar-refractivity contribution in [3.05, 3.63) is 29.8 Å². The van der Waals surface area contributed by atoms with Gasteiger partial charge in [-0.05, 0) is 26.8 Å². The van der Waals surface area contributed by atoms with Crippen LogP contribution in [0.25, 0.3) is 0 Å². The number of hydrogen-bond donors (Lipinski definition) is 1. The third kappa shape index (κ3) is 3.76. The van der Waals surface area contributed by atoms with Crippen LogP contribution in [0.3, 0.4) is 0 Å². The van der Waals surface area contributed by atoms with E-state index in [1.807, 2.05) is 12.1 Å². The number of para-hydroxylation sites is 1. The molecule has 6 nitrogen and oxygen atoms in total. The second-order valence-electron chi connectivity index (χ2n) is 6.23. The summed E-state index contributed by atoms with van der Waals surface area (Å²) in [5.41, 5.74) is 0.807. The summed E-state index contributed by atoms with van der Waals surface area (Å²) in [6, 6.07) is 7.22. The quantitative estimate of drug-likeness (QED) is 0.904. The fraction of sp³-hybridized carbons (Fsp3) is 0.500. The lowest BCUT2D eigenvalue weighted by Crippen LogP contribution is -2.53. The summed E-state index contributed by atoms with van der Waals surface area (Å²) in [7, 11) is 0. The number of hydrogen-bond acceptors (Lipinski definition) is 4. The molecular weight excluding hydrogens is 284 g/mol. The van der Waals surface area contributed by atoms with Gasteiger partial charge in [-0.15, -0.1) is 0 Å². The average Bonchev–Trinajstić information content (AvgIpc) is 2.45. The van der Waals surface area contributed by atoms with E-state index in [2.05, 4.69) is 0 Å². The van der Waals surface area contributed by atoms with Gasteiger partial charge in [-0.25, -0.2) is 4.79 Å². The van der Waals surface area contributed by atoms with Gasteiger partial charge in [0.15, 0.2) is 0 Å². The number of rotatable bonds is 2. The van der Waals surface area contributed by atoms with Crippen molar-refractivity contribution in [2.24, 2.45) is 0 Å². The van der Waals surface area contributed by atoms with Crippen molar-refractivity contribution >= 4 is 17.7 Å². The minimum absolute atomic E-state index is 0.0192. The molecule has 0 spiro atoms. The van der Waals surface area contributed by atoms with Crippen LogP contribution in [0.15, 0.2) is 24.3 Å². The second kappa shape index (κ2) is 6.36. The molecular formula is C16H22N2O4. The molecule has 2 amide bonds. The van der Waals surface area contributed by atoms with E-state index in [0.717, 1.165) is 0 Å². The maximum atomic E-state index is 12.3. The maximum Gasteiger partial charge on any atom is 0.410 e. The Bertz CT molecular complexity index is 566. The first-order valence-corrected chi connectivity index (χ1v) is 7.29. The molecule has 120 valence electrons. The van der Waals surface area contributed by atoms with Crippen molar-refractivity contribution in [3.63, 3.8) is 0 Å². The lowest BCUT2D eigenvalue weighted by atomic mass is 10.1. The number of ether oxygens (including phenoxy) is 1. The Hall–Kier alpha value is -2.08. The van der Waals surface area contributed by atoms with Crippen LogP contribution >= 0.6 is 0 Å². The van der Waals surface area contributed by atoms with E-state index in [1.54, 1.807) is 37.8 Å². The lowest BCUT2D eigenvalue weighted by molar-refractivity contribution is -0.121. The van der Waals surface area contributed by atoms with Crippen LogP contribution in [0.1, 0.15) is 26.3 Å². The third-order valence-corrected chi connectivity index (χ3v) is 3.33. The lowest BCUT2D eigenvalue weighted by Gasteiger charge is -2.35. The number of nitrogens with zero attached hydrogens (tertiary/aromatic N) is 2. The Kier molecular flexibility index (Phi) is 4.71. The fourth-order valence-electron chi connectivity index (χ4n) is 2.32. The molecule has 0 atom stereocenters. The number of piperazine rings is 1. The molecule has 0 bridgehead atoms. The molecule has 2 rings (SSSR count). The number of aliphatic hydroxyl groups excluding tert-OH is 1. The first-order valence-electron chi connectivity index (χ1n) is 7.29. The Balaban J connectivity index is 2.07. The van der Waals surface area contributed by atoms with Gasteiger partial charge in [0.25, 0.3) is 0 Å². The van der Waals surface area contributed by atoms with Crippen molar-refractivity contribution in [2.75, 3.05) is 24.5 Å².